The third-order valence-corrected chi connectivity index (χ3v) is 6.27. The van der Waals surface area contributed by atoms with Crippen LogP contribution in [-0.4, -0.2) is 4.98 Å². The van der Waals surface area contributed by atoms with Gasteiger partial charge < -0.3 is 5.32 Å². The summed E-state index contributed by atoms with van der Waals surface area (Å²) in [6.45, 7) is 8.31. The van der Waals surface area contributed by atoms with Crippen LogP contribution in [0, 0.1) is 19.7 Å². The summed E-state index contributed by atoms with van der Waals surface area (Å²) in [6, 6.07) is 25.8. The van der Waals surface area contributed by atoms with Crippen molar-refractivity contribution >= 4 is 33.1 Å². The Kier molecular flexibility index (Phi) is 5.39. The monoisotopic (exact) mass is 432 g/mol. The fraction of sp³-hybridized carbons (Fsp3) is 0.100. The maximum absolute atomic E-state index is 14.2. The van der Waals surface area contributed by atoms with E-state index in [4.69, 9.17) is 0 Å². The van der Waals surface area contributed by atoms with Gasteiger partial charge in [0.05, 0.1) is 5.52 Å². The van der Waals surface area contributed by atoms with E-state index >= 15 is 0 Å². The summed E-state index contributed by atoms with van der Waals surface area (Å²) in [5.41, 5.74) is 8.00. The van der Waals surface area contributed by atoms with Crippen molar-refractivity contribution < 1.29 is 4.39 Å². The maximum atomic E-state index is 14.2. The summed E-state index contributed by atoms with van der Waals surface area (Å²) in [7, 11) is 0. The van der Waals surface area contributed by atoms with Crippen LogP contribution in [0.3, 0.4) is 0 Å². The predicted octanol–water partition coefficient (Wildman–Crippen LogP) is 7.82. The molecule has 0 amide bonds. The van der Waals surface area contributed by atoms with Gasteiger partial charge in [-0.1, -0.05) is 49.0 Å². The number of rotatable bonds is 5. The number of pyridine rings is 1. The van der Waals surface area contributed by atoms with Gasteiger partial charge in [-0.15, -0.1) is 0 Å². The first kappa shape index (κ1) is 20.9. The Hall–Kier alpha value is -3.98. The Bertz CT molecular complexity index is 1520. The second-order valence-corrected chi connectivity index (χ2v) is 8.54. The van der Waals surface area contributed by atoms with E-state index in [0.29, 0.717) is 11.3 Å². The van der Waals surface area contributed by atoms with E-state index in [1.54, 1.807) is 12.1 Å². The number of benzene rings is 4. The first-order valence-corrected chi connectivity index (χ1v) is 11.1. The molecule has 0 bridgehead atoms. The van der Waals surface area contributed by atoms with E-state index in [9.17, 15) is 4.39 Å². The van der Waals surface area contributed by atoms with Gasteiger partial charge in [0, 0.05) is 33.9 Å². The van der Waals surface area contributed by atoms with Crippen molar-refractivity contribution in [3.63, 3.8) is 0 Å². The van der Waals surface area contributed by atoms with Gasteiger partial charge >= 0.3 is 0 Å². The lowest BCUT2D eigenvalue weighted by Crippen LogP contribution is -2.00. The van der Waals surface area contributed by atoms with Crippen LogP contribution in [0.2, 0.25) is 0 Å². The Labute approximate surface area is 193 Å². The largest absolute Gasteiger partial charge is 0.355 e. The summed E-state index contributed by atoms with van der Waals surface area (Å²) in [6.07, 6.45) is 2.72. The van der Waals surface area contributed by atoms with E-state index in [2.05, 4.69) is 73.2 Å². The van der Waals surface area contributed by atoms with E-state index in [-0.39, 0.29) is 5.82 Å². The molecule has 0 spiro atoms. The number of aryl methyl sites for hydroxylation is 2. The first-order chi connectivity index (χ1) is 16.0. The van der Waals surface area contributed by atoms with Crippen molar-refractivity contribution in [2.24, 2.45) is 0 Å². The predicted molar refractivity (Wildman–Crippen MR) is 137 cm³/mol. The molecular weight excluding hydrogens is 407 g/mol. The molecule has 0 radical (unpaired) electrons. The Balaban J connectivity index is 1.47. The minimum atomic E-state index is -0.285. The highest BCUT2D eigenvalue weighted by Gasteiger charge is 2.10. The second kappa shape index (κ2) is 8.51. The highest BCUT2D eigenvalue weighted by atomic mass is 19.1. The third kappa shape index (κ3) is 4.10. The third-order valence-electron chi connectivity index (χ3n) is 6.27. The lowest BCUT2D eigenvalue weighted by atomic mass is 9.96. The van der Waals surface area contributed by atoms with Crippen molar-refractivity contribution in [2.75, 3.05) is 5.32 Å². The molecule has 5 rings (SSSR count). The van der Waals surface area contributed by atoms with Gasteiger partial charge in [0.25, 0.3) is 0 Å². The summed E-state index contributed by atoms with van der Waals surface area (Å²) >= 11 is 0. The van der Waals surface area contributed by atoms with Gasteiger partial charge in [-0.2, -0.15) is 0 Å². The van der Waals surface area contributed by atoms with Gasteiger partial charge in [0.1, 0.15) is 5.82 Å². The molecule has 0 aliphatic carbocycles. The van der Waals surface area contributed by atoms with Crippen LogP contribution >= 0.6 is 0 Å². The molecule has 2 nitrogen and oxygen atoms in total. The van der Waals surface area contributed by atoms with Gasteiger partial charge in [-0.05, 0) is 84.3 Å². The van der Waals surface area contributed by atoms with Crippen molar-refractivity contribution in [1.82, 2.24) is 4.98 Å². The number of nitrogens with one attached hydrogen (secondary N) is 1. The van der Waals surface area contributed by atoms with E-state index in [1.165, 1.54) is 33.7 Å². The SMILES string of the molecule is C=C(Nc1cccc2cc(Cc3ccnc4cc(C)c(C)cc34)ccc12)c1ccccc1F. The molecular formula is C30H25FN2. The number of anilines is 1. The molecule has 0 aliphatic rings. The van der Waals surface area contributed by atoms with Crippen molar-refractivity contribution in [3.8, 4) is 0 Å². The lowest BCUT2D eigenvalue weighted by molar-refractivity contribution is 0.624. The van der Waals surface area contributed by atoms with Crippen molar-refractivity contribution in [2.45, 2.75) is 20.3 Å². The average molecular weight is 433 g/mol. The van der Waals surface area contributed by atoms with E-state index in [0.717, 1.165) is 28.4 Å². The molecule has 1 N–H and O–H groups in total. The standard InChI is InChI=1S/C30H25FN2/c1-19-15-27-24(13-14-32-30(27)16-20(19)2)18-22-11-12-26-23(17-22)7-6-10-29(26)33-21(3)25-8-4-5-9-28(25)31/h4-17,33H,3,18H2,1-2H3. The van der Waals surface area contributed by atoms with E-state index in [1.807, 2.05) is 24.4 Å². The Morgan fingerprint density at radius 2 is 1.70 bits per heavy atom. The highest BCUT2D eigenvalue weighted by Crippen LogP contribution is 2.29. The van der Waals surface area contributed by atoms with Crippen LogP contribution < -0.4 is 5.32 Å². The highest BCUT2D eigenvalue weighted by molar-refractivity contribution is 5.97. The fourth-order valence-corrected chi connectivity index (χ4v) is 4.32. The van der Waals surface area contributed by atoms with Crippen molar-refractivity contribution in [1.29, 1.82) is 0 Å². The van der Waals surface area contributed by atoms with Crippen LogP contribution in [0.15, 0.2) is 91.6 Å². The quantitative estimate of drug-likeness (QED) is 0.306. The van der Waals surface area contributed by atoms with Gasteiger partial charge in [-0.25, -0.2) is 4.39 Å². The number of fused-ring (bicyclic) bond motifs is 2. The zero-order valence-corrected chi connectivity index (χ0v) is 18.8. The molecule has 1 heterocycles. The smallest absolute Gasteiger partial charge is 0.132 e. The van der Waals surface area contributed by atoms with Crippen LogP contribution in [0.5, 0.6) is 0 Å². The van der Waals surface area contributed by atoms with Crippen molar-refractivity contribution in [3.05, 3.63) is 125 Å². The molecule has 1 aromatic heterocycles. The summed E-state index contributed by atoms with van der Waals surface area (Å²) in [4.78, 5) is 4.56. The van der Waals surface area contributed by atoms with Gasteiger partial charge in [0.15, 0.2) is 0 Å². The number of hydrogen-bond acceptors (Lipinski definition) is 2. The molecule has 4 aromatic carbocycles. The van der Waals surface area contributed by atoms with Crippen LogP contribution in [-0.2, 0) is 6.42 Å². The number of nitrogens with zero attached hydrogens (tertiary/aromatic N) is 1. The topological polar surface area (TPSA) is 24.9 Å². The maximum Gasteiger partial charge on any atom is 0.132 e. The number of aromatic nitrogens is 1. The molecule has 5 aromatic rings. The zero-order valence-electron chi connectivity index (χ0n) is 18.8. The lowest BCUT2D eigenvalue weighted by Gasteiger charge is -2.14. The summed E-state index contributed by atoms with van der Waals surface area (Å²) in [5, 5.41) is 6.71. The van der Waals surface area contributed by atoms with Gasteiger partial charge in [0.2, 0.25) is 0 Å². The zero-order chi connectivity index (χ0) is 22.9. The van der Waals surface area contributed by atoms with Gasteiger partial charge in [-0.3, -0.25) is 4.98 Å². The van der Waals surface area contributed by atoms with Crippen LogP contribution in [0.4, 0.5) is 10.1 Å². The molecule has 0 unspecified atom stereocenters. The second-order valence-electron chi connectivity index (χ2n) is 8.54. The first-order valence-electron chi connectivity index (χ1n) is 11.1. The normalized spacial score (nSPS) is 11.1. The fourth-order valence-electron chi connectivity index (χ4n) is 4.32. The molecule has 0 fully saturated rings. The van der Waals surface area contributed by atoms with Crippen LogP contribution in [0.25, 0.3) is 27.4 Å². The molecule has 0 aliphatic heterocycles. The van der Waals surface area contributed by atoms with Crippen LogP contribution in [0.1, 0.15) is 27.8 Å². The molecule has 0 saturated heterocycles. The number of hydrogen-bond donors (Lipinski definition) is 1. The minimum Gasteiger partial charge on any atom is -0.355 e. The average Bonchev–Trinajstić information content (AvgIpc) is 2.80. The summed E-state index contributed by atoms with van der Waals surface area (Å²) in [5.74, 6) is -0.285. The van der Waals surface area contributed by atoms with E-state index < -0.39 is 0 Å². The minimum absolute atomic E-state index is 0.285. The molecule has 0 saturated carbocycles. The summed E-state index contributed by atoms with van der Waals surface area (Å²) < 4.78 is 14.2. The Morgan fingerprint density at radius 1 is 0.879 bits per heavy atom. The molecule has 0 atom stereocenters. The molecule has 162 valence electrons. The molecule has 33 heavy (non-hydrogen) atoms. The Morgan fingerprint density at radius 3 is 2.55 bits per heavy atom. The number of halogens is 1. The molecule has 3 heteroatoms.